The first-order chi connectivity index (χ1) is 8.43. The third kappa shape index (κ3) is 8.99. The van der Waals surface area contributed by atoms with Crippen molar-refractivity contribution < 1.29 is 0 Å². The average Bonchev–Trinajstić information content (AvgIpc) is 2.85. The molecule has 0 aliphatic heterocycles. The Kier molecular flexibility index (Phi) is 10.4. The summed E-state index contributed by atoms with van der Waals surface area (Å²) >= 11 is 2.26. The molecule has 1 aliphatic carbocycles. The molecule has 17 heavy (non-hydrogen) atoms. The maximum atomic E-state index is 2.29. The zero-order chi connectivity index (χ0) is 12.2. The van der Waals surface area contributed by atoms with Crippen molar-refractivity contribution in [3.05, 3.63) is 0 Å². The van der Waals surface area contributed by atoms with E-state index in [0.29, 0.717) is 0 Å². The summed E-state index contributed by atoms with van der Waals surface area (Å²) in [5.74, 6) is 1.43. The highest BCUT2D eigenvalue weighted by Crippen LogP contribution is 2.29. The number of rotatable bonds is 11. The standard InChI is InChI=1S/C16H32S/c1-2-3-4-5-6-7-8-9-12-15-17-16-13-10-11-14-16/h16H,2-15H2,1H3. The first kappa shape index (κ1) is 15.4. The van der Waals surface area contributed by atoms with Crippen LogP contribution in [0.1, 0.15) is 90.4 Å². The molecule has 0 unspecified atom stereocenters. The van der Waals surface area contributed by atoms with E-state index in [1.165, 1.54) is 89.2 Å². The number of hydrogen-bond acceptors (Lipinski definition) is 1. The molecule has 1 saturated carbocycles. The Labute approximate surface area is 113 Å². The Morgan fingerprint density at radius 1 is 0.765 bits per heavy atom. The van der Waals surface area contributed by atoms with Gasteiger partial charge in [0.15, 0.2) is 0 Å². The maximum absolute atomic E-state index is 2.29. The third-order valence-corrected chi connectivity index (χ3v) is 5.37. The first-order valence-corrected chi connectivity index (χ1v) is 9.10. The molecule has 0 bridgehead atoms. The minimum Gasteiger partial charge on any atom is -0.159 e. The Bertz CT molecular complexity index is 150. The lowest BCUT2D eigenvalue weighted by atomic mass is 10.1. The summed E-state index contributed by atoms with van der Waals surface area (Å²) in [5.41, 5.74) is 0. The van der Waals surface area contributed by atoms with Gasteiger partial charge in [-0.15, -0.1) is 0 Å². The fourth-order valence-corrected chi connectivity index (χ4v) is 4.09. The van der Waals surface area contributed by atoms with Gasteiger partial charge in [-0.2, -0.15) is 11.8 Å². The smallest absolute Gasteiger partial charge is 0.00470 e. The van der Waals surface area contributed by atoms with E-state index in [0.717, 1.165) is 5.25 Å². The van der Waals surface area contributed by atoms with Crippen LogP contribution < -0.4 is 0 Å². The topological polar surface area (TPSA) is 0 Å². The van der Waals surface area contributed by atoms with Crippen molar-refractivity contribution in [1.82, 2.24) is 0 Å². The fourth-order valence-electron chi connectivity index (χ4n) is 2.72. The van der Waals surface area contributed by atoms with Gasteiger partial charge in [-0.1, -0.05) is 71.1 Å². The van der Waals surface area contributed by atoms with Crippen molar-refractivity contribution in [2.75, 3.05) is 5.75 Å². The van der Waals surface area contributed by atoms with Crippen LogP contribution in [0.5, 0.6) is 0 Å². The molecule has 0 nitrogen and oxygen atoms in total. The van der Waals surface area contributed by atoms with E-state index < -0.39 is 0 Å². The van der Waals surface area contributed by atoms with Crippen molar-refractivity contribution in [2.24, 2.45) is 0 Å². The molecule has 102 valence electrons. The van der Waals surface area contributed by atoms with Gasteiger partial charge in [0, 0.05) is 5.25 Å². The number of unbranched alkanes of at least 4 members (excludes halogenated alkanes) is 8. The molecule has 0 atom stereocenters. The van der Waals surface area contributed by atoms with Gasteiger partial charge in [0.1, 0.15) is 0 Å². The lowest BCUT2D eigenvalue weighted by molar-refractivity contribution is 0.573. The number of hydrogen-bond donors (Lipinski definition) is 0. The molecule has 0 saturated heterocycles. The van der Waals surface area contributed by atoms with Gasteiger partial charge < -0.3 is 0 Å². The molecule has 0 N–H and O–H groups in total. The van der Waals surface area contributed by atoms with E-state index >= 15 is 0 Å². The molecule has 1 rings (SSSR count). The van der Waals surface area contributed by atoms with E-state index in [-0.39, 0.29) is 0 Å². The zero-order valence-electron chi connectivity index (χ0n) is 11.9. The van der Waals surface area contributed by atoms with E-state index in [4.69, 9.17) is 0 Å². The lowest BCUT2D eigenvalue weighted by Crippen LogP contribution is -1.95. The highest BCUT2D eigenvalue weighted by Gasteiger charge is 2.14. The Morgan fingerprint density at radius 2 is 1.29 bits per heavy atom. The molecule has 0 aromatic rings. The molecule has 0 aromatic heterocycles. The van der Waals surface area contributed by atoms with Crippen molar-refractivity contribution in [2.45, 2.75) is 95.6 Å². The predicted octanol–water partition coefficient (Wildman–Crippen LogP) is 6.19. The summed E-state index contributed by atoms with van der Waals surface area (Å²) in [5, 5.41) is 1.03. The minimum atomic E-state index is 1.03. The van der Waals surface area contributed by atoms with Gasteiger partial charge in [0.25, 0.3) is 0 Å². The molecule has 0 heterocycles. The van der Waals surface area contributed by atoms with Crippen LogP contribution in [0.3, 0.4) is 0 Å². The summed E-state index contributed by atoms with van der Waals surface area (Å²) in [7, 11) is 0. The first-order valence-electron chi connectivity index (χ1n) is 8.05. The monoisotopic (exact) mass is 256 g/mol. The lowest BCUT2D eigenvalue weighted by Gasteiger charge is -2.07. The van der Waals surface area contributed by atoms with Crippen LogP contribution in [0.15, 0.2) is 0 Å². The van der Waals surface area contributed by atoms with Crippen molar-refractivity contribution >= 4 is 11.8 Å². The molecule has 0 amide bonds. The van der Waals surface area contributed by atoms with Gasteiger partial charge in [-0.25, -0.2) is 0 Å². The van der Waals surface area contributed by atoms with Gasteiger partial charge in [0.05, 0.1) is 0 Å². The van der Waals surface area contributed by atoms with Crippen LogP contribution in [-0.4, -0.2) is 11.0 Å². The molecule has 0 aromatic carbocycles. The molecule has 1 fully saturated rings. The summed E-state index contributed by atoms with van der Waals surface area (Å²) < 4.78 is 0. The summed E-state index contributed by atoms with van der Waals surface area (Å²) in [6.07, 6.45) is 19.2. The zero-order valence-corrected chi connectivity index (χ0v) is 12.7. The number of thioether (sulfide) groups is 1. The van der Waals surface area contributed by atoms with Gasteiger partial charge >= 0.3 is 0 Å². The van der Waals surface area contributed by atoms with Crippen molar-refractivity contribution in [3.8, 4) is 0 Å². The SMILES string of the molecule is CCCCCCCCCCCSC1CCCC1. The van der Waals surface area contributed by atoms with Crippen LogP contribution in [0, 0.1) is 0 Å². The maximum Gasteiger partial charge on any atom is 0.00470 e. The van der Waals surface area contributed by atoms with Gasteiger partial charge in [0.2, 0.25) is 0 Å². The van der Waals surface area contributed by atoms with Gasteiger partial charge in [-0.3, -0.25) is 0 Å². The average molecular weight is 256 g/mol. The van der Waals surface area contributed by atoms with Crippen molar-refractivity contribution in [1.29, 1.82) is 0 Å². The highest BCUT2D eigenvalue weighted by molar-refractivity contribution is 7.99. The summed E-state index contributed by atoms with van der Waals surface area (Å²) in [4.78, 5) is 0. The van der Waals surface area contributed by atoms with E-state index in [9.17, 15) is 0 Å². The van der Waals surface area contributed by atoms with Crippen LogP contribution in [0.25, 0.3) is 0 Å². The Morgan fingerprint density at radius 3 is 1.88 bits per heavy atom. The second-order valence-electron chi connectivity index (χ2n) is 5.61. The van der Waals surface area contributed by atoms with E-state index in [2.05, 4.69) is 18.7 Å². The summed E-state index contributed by atoms with van der Waals surface area (Å²) in [6, 6.07) is 0. The largest absolute Gasteiger partial charge is 0.159 e. The second-order valence-corrected chi connectivity index (χ2v) is 7.01. The Hall–Kier alpha value is 0.350. The molecular formula is C16H32S. The molecule has 1 heteroatoms. The fraction of sp³-hybridized carbons (Fsp3) is 1.00. The van der Waals surface area contributed by atoms with Crippen LogP contribution >= 0.6 is 11.8 Å². The molecule has 0 radical (unpaired) electrons. The van der Waals surface area contributed by atoms with E-state index in [1.54, 1.807) is 0 Å². The molecular weight excluding hydrogens is 224 g/mol. The van der Waals surface area contributed by atoms with Crippen molar-refractivity contribution in [3.63, 3.8) is 0 Å². The Balaban J connectivity index is 1.69. The van der Waals surface area contributed by atoms with E-state index in [1.807, 2.05) is 0 Å². The highest BCUT2D eigenvalue weighted by atomic mass is 32.2. The van der Waals surface area contributed by atoms with Gasteiger partial charge in [-0.05, 0) is 25.0 Å². The van der Waals surface area contributed by atoms with Crippen LogP contribution in [0.2, 0.25) is 0 Å². The third-order valence-electron chi connectivity index (χ3n) is 3.90. The van der Waals surface area contributed by atoms with Crippen LogP contribution in [0.4, 0.5) is 0 Å². The molecule has 0 spiro atoms. The normalized spacial score (nSPS) is 16.8. The molecule has 1 aliphatic rings. The minimum absolute atomic E-state index is 1.03. The quantitative estimate of drug-likeness (QED) is 0.397. The van der Waals surface area contributed by atoms with Crippen LogP contribution in [-0.2, 0) is 0 Å². The summed E-state index contributed by atoms with van der Waals surface area (Å²) in [6.45, 7) is 2.29. The second kappa shape index (κ2) is 11.4. The predicted molar refractivity (Wildman–Crippen MR) is 81.9 cm³/mol.